The second kappa shape index (κ2) is 13.8. The van der Waals surface area contributed by atoms with Gasteiger partial charge >= 0.3 is 12.1 Å². The minimum absolute atomic E-state index is 0.0281. The number of phenolic OH excluding ortho intramolecular Hbond substituents is 1. The van der Waals surface area contributed by atoms with Crippen LogP contribution in [0.25, 0.3) is 0 Å². The van der Waals surface area contributed by atoms with Crippen LogP contribution in [0, 0.1) is 23.7 Å². The number of pyridine rings is 1. The number of carbonyl (C=O) groups is 5. The Morgan fingerprint density at radius 3 is 2.31 bits per heavy atom. The van der Waals surface area contributed by atoms with Crippen molar-refractivity contribution < 1.29 is 57.2 Å². The summed E-state index contributed by atoms with van der Waals surface area (Å²) in [4.78, 5) is 75.1. The van der Waals surface area contributed by atoms with Crippen LogP contribution >= 0.6 is 23.2 Å². The molecule has 3 heterocycles. The van der Waals surface area contributed by atoms with Gasteiger partial charge in [-0.1, -0.05) is 53.1 Å². The summed E-state index contributed by atoms with van der Waals surface area (Å²) in [5.74, 6) is -11.6. The van der Waals surface area contributed by atoms with Gasteiger partial charge in [-0.05, 0) is 66.8 Å². The van der Waals surface area contributed by atoms with E-state index >= 15 is 4.79 Å². The van der Waals surface area contributed by atoms with Crippen molar-refractivity contribution in [1.82, 2.24) is 9.99 Å². The molecule has 3 fully saturated rings. The predicted molar refractivity (Wildman–Crippen MR) is 199 cm³/mol. The largest absolute Gasteiger partial charge is 0.508 e. The lowest BCUT2D eigenvalue weighted by Gasteiger charge is -2.50. The maximum Gasteiger partial charge on any atom is 0.417 e. The summed E-state index contributed by atoms with van der Waals surface area (Å²) in [5.41, 5.74) is -0.349. The number of anilines is 2. The number of hydrogen-bond donors (Lipinski definition) is 4. The van der Waals surface area contributed by atoms with E-state index in [1.165, 1.54) is 43.5 Å². The average Bonchev–Trinajstić information content (AvgIpc) is 3.55. The fourth-order valence-electron chi connectivity index (χ4n) is 9.19. The number of carbonyl (C=O) groups excluding carboxylic acids is 4. The van der Waals surface area contributed by atoms with Crippen LogP contribution in [0.4, 0.5) is 24.7 Å². The van der Waals surface area contributed by atoms with E-state index < -0.39 is 98.5 Å². The standard InChI is InChI=1S/C40H29Cl2F3N4O9/c1-58-29-4-2-3-27(50)31(29)32-21-11-12-23-30(36(54)48(34(23)52)20-9-10-22(37(55)56)28(51)14-20)24(21)15-25-35(53)49(38(57)39(25,32)17-5-7-19(41)8-6-17)47-33-26(42)13-18(16-46-33)40(43,44)45/h2-11,13-14,16,23-25,30,32,50-51H,12,15H2,1H3,(H,46,47)(H,55,56)/t23-,24+,25-,30-,32+,39+/m0/s1. The Balaban J connectivity index is 1.32. The van der Waals surface area contributed by atoms with Crippen LogP contribution in [0.2, 0.25) is 10.0 Å². The van der Waals surface area contributed by atoms with E-state index in [0.717, 1.165) is 17.0 Å². The number of aromatic carboxylic acids is 1. The number of ether oxygens (including phenoxy) is 1. The van der Waals surface area contributed by atoms with E-state index in [0.29, 0.717) is 22.8 Å². The smallest absolute Gasteiger partial charge is 0.417 e. The molecule has 4 amide bonds. The fraction of sp³-hybridized carbons (Fsp3) is 0.250. The van der Waals surface area contributed by atoms with Gasteiger partial charge in [-0.2, -0.15) is 18.2 Å². The third-order valence-electron chi connectivity index (χ3n) is 11.6. The Labute approximate surface area is 336 Å². The van der Waals surface area contributed by atoms with E-state index in [4.69, 9.17) is 27.9 Å². The summed E-state index contributed by atoms with van der Waals surface area (Å²) in [6.07, 6.45) is -2.85. The molecule has 0 spiro atoms. The number of benzene rings is 3. The first-order valence-corrected chi connectivity index (χ1v) is 18.4. The topological polar surface area (TPSA) is 187 Å². The van der Waals surface area contributed by atoms with Crippen LogP contribution in [-0.2, 0) is 30.8 Å². The zero-order valence-electron chi connectivity index (χ0n) is 29.8. The van der Waals surface area contributed by atoms with Gasteiger partial charge in [0.2, 0.25) is 11.8 Å². The monoisotopic (exact) mass is 836 g/mol. The van der Waals surface area contributed by atoms with Crippen LogP contribution in [0.3, 0.4) is 0 Å². The number of hydrogen-bond acceptors (Lipinski definition) is 10. The number of nitrogens with zero attached hydrogens (tertiary/aromatic N) is 3. The number of aromatic hydroxyl groups is 2. The molecule has 3 aromatic carbocycles. The van der Waals surface area contributed by atoms with Gasteiger partial charge in [0, 0.05) is 28.8 Å². The Bertz CT molecular complexity index is 2500. The predicted octanol–water partition coefficient (Wildman–Crippen LogP) is 6.71. The number of phenols is 2. The van der Waals surface area contributed by atoms with Crippen LogP contribution in [0.15, 0.2) is 84.6 Å². The Morgan fingerprint density at radius 1 is 0.948 bits per heavy atom. The van der Waals surface area contributed by atoms with Crippen LogP contribution in [0.1, 0.15) is 45.8 Å². The second-order valence-electron chi connectivity index (χ2n) is 14.3. The lowest BCUT2D eigenvalue weighted by Crippen LogP contribution is -2.53. The first kappa shape index (κ1) is 38.7. The van der Waals surface area contributed by atoms with Gasteiger partial charge in [-0.15, -0.1) is 0 Å². The van der Waals surface area contributed by atoms with E-state index in [-0.39, 0.29) is 46.2 Å². The minimum Gasteiger partial charge on any atom is -0.508 e. The number of amides is 4. The number of halogens is 5. The number of hydrazine groups is 1. The van der Waals surface area contributed by atoms with Crippen LogP contribution < -0.4 is 15.1 Å². The van der Waals surface area contributed by atoms with E-state index in [9.17, 15) is 47.7 Å². The second-order valence-corrected chi connectivity index (χ2v) is 15.2. The quantitative estimate of drug-likeness (QED) is 0.114. The number of rotatable bonds is 7. The highest BCUT2D eigenvalue weighted by Crippen LogP contribution is 2.66. The molecule has 4 aliphatic rings. The highest BCUT2D eigenvalue weighted by molar-refractivity contribution is 6.33. The van der Waals surface area contributed by atoms with Crippen molar-refractivity contribution in [2.45, 2.75) is 30.4 Å². The molecule has 18 heteroatoms. The maximum atomic E-state index is 15.4. The molecule has 4 N–H and O–H groups in total. The zero-order valence-corrected chi connectivity index (χ0v) is 31.3. The van der Waals surface area contributed by atoms with Crippen molar-refractivity contribution in [3.63, 3.8) is 0 Å². The lowest BCUT2D eigenvalue weighted by atomic mass is 9.49. The number of methoxy groups -OCH3 is 1. The molecular formula is C40H29Cl2F3N4O9. The van der Waals surface area contributed by atoms with E-state index in [1.54, 1.807) is 18.2 Å². The molecule has 0 unspecified atom stereocenters. The molecule has 0 bridgehead atoms. The van der Waals surface area contributed by atoms with Crippen molar-refractivity contribution in [1.29, 1.82) is 0 Å². The number of imide groups is 2. The molecule has 8 rings (SSSR count). The molecule has 0 radical (unpaired) electrons. The molecular weight excluding hydrogens is 808 g/mol. The van der Waals surface area contributed by atoms with Gasteiger partial charge in [0.25, 0.3) is 11.8 Å². The molecule has 298 valence electrons. The molecule has 6 atom stereocenters. The van der Waals surface area contributed by atoms with Crippen molar-refractivity contribution in [3.8, 4) is 17.2 Å². The third kappa shape index (κ3) is 5.68. The van der Waals surface area contributed by atoms with Crippen molar-refractivity contribution in [2.24, 2.45) is 23.7 Å². The van der Waals surface area contributed by atoms with Gasteiger partial charge in [0.05, 0.1) is 46.6 Å². The minimum atomic E-state index is -4.80. The highest BCUT2D eigenvalue weighted by atomic mass is 35.5. The number of aromatic nitrogens is 1. The normalized spacial score (nSPS) is 25.3. The zero-order chi connectivity index (χ0) is 41.6. The molecule has 1 saturated carbocycles. The summed E-state index contributed by atoms with van der Waals surface area (Å²) < 4.78 is 46.3. The Kier molecular flexibility index (Phi) is 9.19. The Hall–Kier alpha value is -6.13. The van der Waals surface area contributed by atoms with Gasteiger partial charge in [0.1, 0.15) is 22.8 Å². The van der Waals surface area contributed by atoms with Crippen molar-refractivity contribution in [3.05, 3.63) is 117 Å². The first-order chi connectivity index (χ1) is 27.5. The third-order valence-corrected chi connectivity index (χ3v) is 12.1. The number of alkyl halides is 3. The molecule has 58 heavy (non-hydrogen) atoms. The Morgan fingerprint density at radius 2 is 1.67 bits per heavy atom. The first-order valence-electron chi connectivity index (χ1n) is 17.6. The van der Waals surface area contributed by atoms with Crippen molar-refractivity contribution in [2.75, 3.05) is 17.4 Å². The average molecular weight is 838 g/mol. The fourth-order valence-corrected chi connectivity index (χ4v) is 9.53. The summed E-state index contributed by atoms with van der Waals surface area (Å²) in [7, 11) is 1.34. The van der Waals surface area contributed by atoms with Crippen molar-refractivity contribution >= 4 is 64.3 Å². The lowest BCUT2D eigenvalue weighted by molar-refractivity contribution is -0.139. The van der Waals surface area contributed by atoms with Crippen LogP contribution in [0.5, 0.6) is 17.2 Å². The number of carboxylic acids is 1. The summed E-state index contributed by atoms with van der Waals surface area (Å²) in [6.45, 7) is 0. The molecule has 2 aliphatic carbocycles. The summed E-state index contributed by atoms with van der Waals surface area (Å²) in [5, 5.41) is 31.9. The number of allylic oxidation sites excluding steroid dienone is 2. The summed E-state index contributed by atoms with van der Waals surface area (Å²) >= 11 is 12.6. The molecule has 2 aliphatic heterocycles. The SMILES string of the molecule is COc1cccc(O)c1[C@H]1C2=CC[C@@H]3C(=O)N(c4ccc(C(=O)O)c(O)c4)C(=O)[C@@H]3[C@@H]2C[C@H]2C(=O)N(Nc3ncc(C(F)(F)F)cc3Cl)C(=O)[C@@]12c1ccc(Cl)cc1. The molecule has 13 nitrogen and oxygen atoms in total. The number of fused-ring (bicyclic) bond motifs is 4. The van der Waals surface area contributed by atoms with Gasteiger partial charge in [-0.3, -0.25) is 24.6 Å². The van der Waals surface area contributed by atoms with E-state index in [1.807, 2.05) is 0 Å². The van der Waals surface area contributed by atoms with E-state index in [2.05, 4.69) is 10.4 Å². The van der Waals surface area contributed by atoms with Crippen LogP contribution in [-0.4, -0.2) is 62.0 Å². The molecule has 2 saturated heterocycles. The summed E-state index contributed by atoms with van der Waals surface area (Å²) in [6, 6.07) is 14.4. The molecule has 4 aromatic rings. The number of carboxylic acid groups (broad SMARTS) is 1. The van der Waals surface area contributed by atoms with Gasteiger partial charge in [0.15, 0.2) is 5.82 Å². The van der Waals surface area contributed by atoms with Gasteiger partial charge in [-0.25, -0.2) is 14.7 Å². The number of nitrogens with one attached hydrogen (secondary N) is 1. The molecule has 1 aromatic heterocycles. The van der Waals surface area contributed by atoms with Gasteiger partial charge < -0.3 is 20.1 Å². The maximum absolute atomic E-state index is 15.4. The highest BCUT2D eigenvalue weighted by Gasteiger charge is 2.71.